The number of carbonyl (C=O) groups excluding carboxylic acids is 1. The van der Waals surface area contributed by atoms with Crippen molar-refractivity contribution in [3.63, 3.8) is 0 Å². The van der Waals surface area contributed by atoms with Crippen LogP contribution in [0.15, 0.2) is 24.3 Å². The number of anilines is 2. The highest BCUT2D eigenvalue weighted by molar-refractivity contribution is 5.96. The summed E-state index contributed by atoms with van der Waals surface area (Å²) < 4.78 is 0. The van der Waals surface area contributed by atoms with Gasteiger partial charge in [-0.25, -0.2) is 0 Å². The molecular formula is C10H12N2O. The summed E-state index contributed by atoms with van der Waals surface area (Å²) in [5.41, 5.74) is 1.87. The van der Waals surface area contributed by atoms with E-state index in [1.807, 2.05) is 31.2 Å². The second kappa shape index (κ2) is 3.09. The Bertz CT molecular complexity index is 335. The molecule has 0 spiro atoms. The highest BCUT2D eigenvalue weighted by Gasteiger charge is 2.15. The van der Waals surface area contributed by atoms with Crippen LogP contribution in [-0.2, 0) is 4.79 Å². The molecule has 0 bridgehead atoms. The van der Waals surface area contributed by atoms with Gasteiger partial charge in [0.2, 0.25) is 5.91 Å². The van der Waals surface area contributed by atoms with Crippen LogP contribution in [0.3, 0.4) is 0 Å². The van der Waals surface area contributed by atoms with Crippen molar-refractivity contribution < 1.29 is 4.79 Å². The predicted molar refractivity (Wildman–Crippen MR) is 52.8 cm³/mol. The number of rotatable bonds is 0. The molecule has 0 fully saturated rings. The monoisotopic (exact) mass is 176 g/mol. The fraction of sp³-hybridized carbons (Fsp3) is 0.300. The minimum Gasteiger partial charge on any atom is -0.380 e. The molecule has 1 heterocycles. The van der Waals surface area contributed by atoms with Crippen LogP contribution in [0, 0.1) is 0 Å². The number of hydrogen-bond donors (Lipinski definition) is 2. The van der Waals surface area contributed by atoms with Crippen molar-refractivity contribution >= 4 is 17.3 Å². The molecule has 2 N–H and O–H groups in total. The average Bonchev–Trinajstić information content (AvgIpc) is 2.20. The highest BCUT2D eigenvalue weighted by Crippen LogP contribution is 2.24. The zero-order valence-corrected chi connectivity index (χ0v) is 7.50. The summed E-state index contributed by atoms with van der Waals surface area (Å²) in [4.78, 5) is 11.3. The quantitative estimate of drug-likeness (QED) is 0.633. The first kappa shape index (κ1) is 8.10. The van der Waals surface area contributed by atoms with Crippen LogP contribution in [-0.4, -0.2) is 11.9 Å². The third-order valence-electron chi connectivity index (χ3n) is 2.09. The first-order valence-electron chi connectivity index (χ1n) is 4.41. The van der Waals surface area contributed by atoms with E-state index in [0.29, 0.717) is 6.42 Å². The molecule has 1 aliphatic heterocycles. The topological polar surface area (TPSA) is 41.1 Å². The third-order valence-corrected chi connectivity index (χ3v) is 2.09. The second-order valence-electron chi connectivity index (χ2n) is 3.34. The van der Waals surface area contributed by atoms with E-state index in [9.17, 15) is 4.79 Å². The Labute approximate surface area is 77.1 Å². The zero-order chi connectivity index (χ0) is 9.26. The van der Waals surface area contributed by atoms with Gasteiger partial charge in [-0.2, -0.15) is 0 Å². The van der Waals surface area contributed by atoms with E-state index in [1.165, 1.54) is 0 Å². The molecule has 0 saturated carbocycles. The van der Waals surface area contributed by atoms with Crippen LogP contribution in [0.1, 0.15) is 13.3 Å². The Morgan fingerprint density at radius 3 is 2.77 bits per heavy atom. The molecular weight excluding hydrogens is 164 g/mol. The smallest absolute Gasteiger partial charge is 0.226 e. The number of amides is 1. The Balaban J connectivity index is 2.38. The molecule has 1 amide bonds. The lowest BCUT2D eigenvalue weighted by Crippen LogP contribution is -2.18. The van der Waals surface area contributed by atoms with E-state index in [-0.39, 0.29) is 11.9 Å². The van der Waals surface area contributed by atoms with Gasteiger partial charge >= 0.3 is 0 Å². The first-order chi connectivity index (χ1) is 6.25. The molecule has 1 aromatic carbocycles. The van der Waals surface area contributed by atoms with Gasteiger partial charge in [-0.15, -0.1) is 0 Å². The van der Waals surface area contributed by atoms with Gasteiger partial charge in [0.25, 0.3) is 0 Å². The van der Waals surface area contributed by atoms with Gasteiger partial charge < -0.3 is 10.6 Å². The van der Waals surface area contributed by atoms with E-state index < -0.39 is 0 Å². The molecule has 0 unspecified atom stereocenters. The fourth-order valence-electron chi connectivity index (χ4n) is 1.51. The maximum atomic E-state index is 11.3. The van der Waals surface area contributed by atoms with Crippen molar-refractivity contribution in [3.05, 3.63) is 24.3 Å². The van der Waals surface area contributed by atoms with Gasteiger partial charge in [0.05, 0.1) is 11.4 Å². The van der Waals surface area contributed by atoms with Gasteiger partial charge in [-0.3, -0.25) is 4.79 Å². The SMILES string of the molecule is C[C@H]1CC(=O)Nc2ccccc2N1. The molecule has 68 valence electrons. The van der Waals surface area contributed by atoms with Crippen molar-refractivity contribution in [1.29, 1.82) is 0 Å². The van der Waals surface area contributed by atoms with Crippen molar-refractivity contribution in [1.82, 2.24) is 0 Å². The van der Waals surface area contributed by atoms with E-state index in [4.69, 9.17) is 0 Å². The maximum absolute atomic E-state index is 11.3. The molecule has 3 heteroatoms. The second-order valence-corrected chi connectivity index (χ2v) is 3.34. The Morgan fingerprint density at radius 1 is 1.31 bits per heavy atom. The lowest BCUT2D eigenvalue weighted by molar-refractivity contribution is -0.116. The fourth-order valence-corrected chi connectivity index (χ4v) is 1.51. The molecule has 1 atom stereocenters. The lowest BCUT2D eigenvalue weighted by atomic mass is 10.2. The van der Waals surface area contributed by atoms with Crippen LogP contribution in [0.5, 0.6) is 0 Å². The standard InChI is InChI=1S/C10H12N2O/c1-7-6-10(13)12-9-5-3-2-4-8(9)11-7/h2-5,7,11H,6H2,1H3,(H,12,13)/t7-/m0/s1. The summed E-state index contributed by atoms with van der Waals surface area (Å²) in [6, 6.07) is 7.94. The van der Waals surface area contributed by atoms with Gasteiger partial charge in [0, 0.05) is 12.5 Å². The van der Waals surface area contributed by atoms with Crippen LogP contribution in [0.2, 0.25) is 0 Å². The number of para-hydroxylation sites is 2. The molecule has 2 rings (SSSR count). The Morgan fingerprint density at radius 2 is 2.00 bits per heavy atom. The number of nitrogens with one attached hydrogen (secondary N) is 2. The maximum Gasteiger partial charge on any atom is 0.226 e. The van der Waals surface area contributed by atoms with E-state index >= 15 is 0 Å². The molecule has 13 heavy (non-hydrogen) atoms. The van der Waals surface area contributed by atoms with Crippen molar-refractivity contribution in [3.8, 4) is 0 Å². The molecule has 0 aromatic heterocycles. The zero-order valence-electron chi connectivity index (χ0n) is 7.50. The first-order valence-corrected chi connectivity index (χ1v) is 4.41. The molecule has 1 aromatic rings. The lowest BCUT2D eigenvalue weighted by Gasteiger charge is -2.10. The summed E-state index contributed by atoms with van der Waals surface area (Å²) in [5.74, 6) is 0.0740. The minimum absolute atomic E-state index is 0.0740. The molecule has 3 nitrogen and oxygen atoms in total. The van der Waals surface area contributed by atoms with Gasteiger partial charge in [0.1, 0.15) is 0 Å². The molecule has 0 saturated heterocycles. The summed E-state index contributed by atoms with van der Waals surface area (Å²) in [5, 5.41) is 6.12. The summed E-state index contributed by atoms with van der Waals surface area (Å²) in [6.07, 6.45) is 0.522. The van der Waals surface area contributed by atoms with E-state index in [0.717, 1.165) is 11.4 Å². The third kappa shape index (κ3) is 1.64. The van der Waals surface area contributed by atoms with Crippen molar-refractivity contribution in [2.45, 2.75) is 19.4 Å². The minimum atomic E-state index is 0.0740. The number of carbonyl (C=O) groups is 1. The predicted octanol–water partition coefficient (Wildman–Crippen LogP) is 1.83. The van der Waals surface area contributed by atoms with Crippen LogP contribution < -0.4 is 10.6 Å². The largest absolute Gasteiger partial charge is 0.380 e. The molecule has 1 aliphatic rings. The van der Waals surface area contributed by atoms with E-state index in [2.05, 4.69) is 10.6 Å². The van der Waals surface area contributed by atoms with E-state index in [1.54, 1.807) is 0 Å². The highest BCUT2D eigenvalue weighted by atomic mass is 16.1. The van der Waals surface area contributed by atoms with Crippen molar-refractivity contribution in [2.75, 3.05) is 10.6 Å². The van der Waals surface area contributed by atoms with Gasteiger partial charge in [-0.05, 0) is 19.1 Å². The van der Waals surface area contributed by atoms with Crippen LogP contribution >= 0.6 is 0 Å². The molecule has 0 aliphatic carbocycles. The number of fused-ring (bicyclic) bond motifs is 1. The number of hydrogen-bond acceptors (Lipinski definition) is 2. The normalized spacial score (nSPS) is 21.0. The van der Waals surface area contributed by atoms with Crippen LogP contribution in [0.25, 0.3) is 0 Å². The van der Waals surface area contributed by atoms with Gasteiger partial charge in [0.15, 0.2) is 0 Å². The van der Waals surface area contributed by atoms with Crippen LogP contribution in [0.4, 0.5) is 11.4 Å². The number of benzene rings is 1. The van der Waals surface area contributed by atoms with Gasteiger partial charge in [-0.1, -0.05) is 12.1 Å². The average molecular weight is 176 g/mol. The van der Waals surface area contributed by atoms with Crippen molar-refractivity contribution in [2.24, 2.45) is 0 Å². The summed E-state index contributed by atoms with van der Waals surface area (Å²) in [6.45, 7) is 2.00. The molecule has 0 radical (unpaired) electrons. The summed E-state index contributed by atoms with van der Waals surface area (Å²) in [7, 11) is 0. The summed E-state index contributed by atoms with van der Waals surface area (Å²) >= 11 is 0. The Hall–Kier alpha value is -1.51. The Kier molecular flexibility index (Phi) is 1.93.